The lowest BCUT2D eigenvalue weighted by atomic mass is 10.1. The molecule has 0 unspecified atom stereocenters. The quantitative estimate of drug-likeness (QED) is 0.493. The maximum Gasteiger partial charge on any atom is 0.414 e. The van der Waals surface area contributed by atoms with Crippen LogP contribution in [0.5, 0.6) is 23.0 Å². The van der Waals surface area contributed by atoms with Gasteiger partial charge in [-0.15, -0.1) is 0 Å². The number of ether oxygens (including phenoxy) is 2. The third-order valence-electron chi connectivity index (χ3n) is 4.30. The lowest BCUT2D eigenvalue weighted by Gasteiger charge is -2.14. The summed E-state index contributed by atoms with van der Waals surface area (Å²) in [5.41, 5.74) is -0.193. The number of rotatable bonds is 4. The highest BCUT2D eigenvalue weighted by atomic mass is 16.6. The standard InChI is InChI=1S/C21H19NO8/c1-4-22(3)21(27)29-13-7-5-12(6-8-13)16-9-14(24)18-17(30-16)10-15(25)20(19(18)26)28-11(2)23/h5-10,25-26H,4H2,1-3H3. The topological polar surface area (TPSA) is 127 Å². The minimum Gasteiger partial charge on any atom is -0.504 e. The van der Waals surface area contributed by atoms with Gasteiger partial charge in [-0.3, -0.25) is 9.59 Å². The van der Waals surface area contributed by atoms with E-state index in [0.29, 0.717) is 17.9 Å². The first kappa shape index (κ1) is 20.7. The Bertz CT molecular complexity index is 1180. The van der Waals surface area contributed by atoms with Crippen molar-refractivity contribution in [2.45, 2.75) is 13.8 Å². The highest BCUT2D eigenvalue weighted by molar-refractivity contribution is 5.90. The Morgan fingerprint density at radius 2 is 1.77 bits per heavy atom. The van der Waals surface area contributed by atoms with Crippen LogP contribution in [0, 0.1) is 0 Å². The van der Waals surface area contributed by atoms with Gasteiger partial charge in [0.05, 0.1) is 0 Å². The third-order valence-corrected chi connectivity index (χ3v) is 4.30. The van der Waals surface area contributed by atoms with Crippen molar-refractivity contribution in [2.75, 3.05) is 13.6 Å². The van der Waals surface area contributed by atoms with E-state index < -0.39 is 34.7 Å². The summed E-state index contributed by atoms with van der Waals surface area (Å²) in [6.07, 6.45) is -0.503. The summed E-state index contributed by atoms with van der Waals surface area (Å²) in [5, 5.41) is 20.0. The molecule has 2 aromatic carbocycles. The predicted octanol–water partition coefficient (Wildman–Crippen LogP) is 3.25. The van der Waals surface area contributed by atoms with Crippen molar-refractivity contribution in [3.63, 3.8) is 0 Å². The Labute approximate surface area is 170 Å². The highest BCUT2D eigenvalue weighted by Crippen LogP contribution is 2.41. The van der Waals surface area contributed by atoms with E-state index in [1.165, 1.54) is 4.90 Å². The Kier molecular flexibility index (Phi) is 5.63. The summed E-state index contributed by atoms with van der Waals surface area (Å²) in [4.78, 5) is 36.9. The number of carbonyl (C=O) groups is 2. The molecule has 9 nitrogen and oxygen atoms in total. The zero-order valence-corrected chi connectivity index (χ0v) is 16.5. The predicted molar refractivity (Wildman–Crippen MR) is 107 cm³/mol. The number of hydrogen-bond acceptors (Lipinski definition) is 8. The lowest BCUT2D eigenvalue weighted by Crippen LogP contribution is -2.29. The molecule has 3 aromatic rings. The van der Waals surface area contributed by atoms with Crippen LogP contribution >= 0.6 is 0 Å². The van der Waals surface area contributed by atoms with Crippen molar-refractivity contribution in [1.82, 2.24) is 4.90 Å². The van der Waals surface area contributed by atoms with Crippen LogP contribution < -0.4 is 14.9 Å². The second-order valence-corrected chi connectivity index (χ2v) is 6.42. The van der Waals surface area contributed by atoms with Gasteiger partial charge in [-0.2, -0.15) is 0 Å². The summed E-state index contributed by atoms with van der Waals surface area (Å²) in [6, 6.07) is 8.49. The van der Waals surface area contributed by atoms with E-state index in [1.54, 1.807) is 31.3 Å². The van der Waals surface area contributed by atoms with Gasteiger partial charge in [0, 0.05) is 38.2 Å². The number of esters is 1. The fraction of sp³-hybridized carbons (Fsp3) is 0.190. The molecule has 3 rings (SSSR count). The van der Waals surface area contributed by atoms with E-state index in [1.807, 2.05) is 6.92 Å². The van der Waals surface area contributed by atoms with Crippen molar-refractivity contribution in [3.8, 4) is 34.3 Å². The summed E-state index contributed by atoms with van der Waals surface area (Å²) < 4.78 is 15.6. The summed E-state index contributed by atoms with van der Waals surface area (Å²) in [7, 11) is 1.61. The maximum atomic E-state index is 12.5. The zero-order valence-electron chi connectivity index (χ0n) is 16.5. The van der Waals surface area contributed by atoms with Crippen LogP contribution in [0.25, 0.3) is 22.3 Å². The third kappa shape index (κ3) is 4.04. The van der Waals surface area contributed by atoms with Gasteiger partial charge in [0.2, 0.25) is 5.75 Å². The van der Waals surface area contributed by atoms with Crippen molar-refractivity contribution < 1.29 is 33.7 Å². The second-order valence-electron chi connectivity index (χ2n) is 6.42. The van der Waals surface area contributed by atoms with Gasteiger partial charge in [0.15, 0.2) is 16.9 Å². The molecular formula is C21H19NO8. The van der Waals surface area contributed by atoms with Gasteiger partial charge in [-0.05, 0) is 31.2 Å². The first-order chi connectivity index (χ1) is 14.2. The van der Waals surface area contributed by atoms with Crippen LogP contribution in [-0.2, 0) is 4.79 Å². The molecule has 9 heteroatoms. The van der Waals surface area contributed by atoms with Crippen LogP contribution in [0.3, 0.4) is 0 Å². The first-order valence-electron chi connectivity index (χ1n) is 8.95. The number of fused-ring (bicyclic) bond motifs is 1. The van der Waals surface area contributed by atoms with E-state index >= 15 is 0 Å². The van der Waals surface area contributed by atoms with Crippen LogP contribution in [0.2, 0.25) is 0 Å². The van der Waals surface area contributed by atoms with Crippen LogP contribution in [0.1, 0.15) is 13.8 Å². The molecule has 30 heavy (non-hydrogen) atoms. The van der Waals surface area contributed by atoms with E-state index in [-0.39, 0.29) is 16.7 Å². The average molecular weight is 413 g/mol. The Hall–Kier alpha value is -4.01. The molecule has 0 fully saturated rings. The largest absolute Gasteiger partial charge is 0.504 e. The van der Waals surface area contributed by atoms with Gasteiger partial charge >= 0.3 is 12.1 Å². The minimum atomic E-state index is -0.771. The molecule has 0 aliphatic heterocycles. The van der Waals surface area contributed by atoms with Crippen molar-refractivity contribution in [2.24, 2.45) is 0 Å². The number of aromatic hydroxyl groups is 2. The molecule has 1 heterocycles. The number of benzene rings is 2. The molecule has 0 atom stereocenters. The highest BCUT2D eigenvalue weighted by Gasteiger charge is 2.20. The van der Waals surface area contributed by atoms with Gasteiger partial charge in [0.1, 0.15) is 22.5 Å². The molecule has 0 spiro atoms. The minimum absolute atomic E-state index is 0.0940. The van der Waals surface area contributed by atoms with Crippen LogP contribution in [-0.4, -0.2) is 40.8 Å². The Balaban J connectivity index is 1.98. The Morgan fingerprint density at radius 3 is 2.37 bits per heavy atom. The van der Waals surface area contributed by atoms with Crippen LogP contribution in [0.4, 0.5) is 4.79 Å². The molecule has 0 bridgehead atoms. The molecule has 0 saturated heterocycles. The zero-order chi connectivity index (χ0) is 22.0. The number of phenolic OH excluding ortho intramolecular Hbond substituents is 2. The monoisotopic (exact) mass is 413 g/mol. The number of phenols is 2. The van der Waals surface area contributed by atoms with Crippen molar-refractivity contribution >= 4 is 23.0 Å². The van der Waals surface area contributed by atoms with E-state index in [9.17, 15) is 24.6 Å². The molecule has 1 amide bonds. The number of nitrogens with zero attached hydrogens (tertiary/aromatic N) is 1. The van der Waals surface area contributed by atoms with E-state index in [4.69, 9.17) is 13.9 Å². The molecule has 1 aromatic heterocycles. The SMILES string of the molecule is CCN(C)C(=O)Oc1ccc(-c2cc(=O)c3c(O)c(OC(C)=O)c(O)cc3o2)cc1. The van der Waals surface area contributed by atoms with Gasteiger partial charge < -0.3 is 29.0 Å². The summed E-state index contributed by atoms with van der Waals surface area (Å²) in [6.45, 7) is 3.41. The average Bonchev–Trinajstić information content (AvgIpc) is 2.70. The second kappa shape index (κ2) is 8.16. The summed E-state index contributed by atoms with van der Waals surface area (Å²) >= 11 is 0. The van der Waals surface area contributed by atoms with Gasteiger partial charge in [-0.25, -0.2) is 4.79 Å². The van der Waals surface area contributed by atoms with Crippen molar-refractivity contribution in [3.05, 3.63) is 46.6 Å². The van der Waals surface area contributed by atoms with E-state index in [0.717, 1.165) is 19.1 Å². The van der Waals surface area contributed by atoms with E-state index in [2.05, 4.69) is 0 Å². The number of carbonyl (C=O) groups excluding carboxylic acids is 2. The molecule has 0 aliphatic rings. The summed E-state index contributed by atoms with van der Waals surface area (Å²) in [5.74, 6) is -2.06. The lowest BCUT2D eigenvalue weighted by molar-refractivity contribution is -0.132. The first-order valence-corrected chi connectivity index (χ1v) is 8.95. The molecule has 0 aliphatic carbocycles. The molecule has 0 radical (unpaired) electrons. The van der Waals surface area contributed by atoms with Gasteiger partial charge in [0.25, 0.3) is 0 Å². The fourth-order valence-corrected chi connectivity index (χ4v) is 2.65. The normalized spacial score (nSPS) is 10.6. The Morgan fingerprint density at radius 1 is 1.10 bits per heavy atom. The van der Waals surface area contributed by atoms with Crippen LogP contribution in [0.15, 0.2) is 45.6 Å². The molecular weight excluding hydrogens is 394 g/mol. The number of amides is 1. The molecule has 2 N–H and O–H groups in total. The number of hydrogen-bond donors (Lipinski definition) is 2. The maximum absolute atomic E-state index is 12.5. The molecule has 156 valence electrons. The van der Waals surface area contributed by atoms with Crippen molar-refractivity contribution in [1.29, 1.82) is 0 Å². The van der Waals surface area contributed by atoms with Gasteiger partial charge in [-0.1, -0.05) is 0 Å². The fourth-order valence-electron chi connectivity index (χ4n) is 2.65. The smallest absolute Gasteiger partial charge is 0.414 e. The molecule has 0 saturated carbocycles.